The highest BCUT2D eigenvalue weighted by Gasteiger charge is 2.61. The van der Waals surface area contributed by atoms with Crippen LogP contribution in [-0.4, -0.2) is 35.5 Å². The molecule has 0 aliphatic carbocycles. The lowest BCUT2D eigenvalue weighted by Crippen LogP contribution is -2.57. The van der Waals surface area contributed by atoms with Gasteiger partial charge >= 0.3 is 6.18 Å². The summed E-state index contributed by atoms with van der Waals surface area (Å²) < 4.78 is 46.1. The summed E-state index contributed by atoms with van der Waals surface area (Å²) in [6, 6.07) is 10.4. The van der Waals surface area contributed by atoms with Crippen LogP contribution in [0.3, 0.4) is 0 Å². The van der Waals surface area contributed by atoms with Gasteiger partial charge in [-0.15, -0.1) is 0 Å². The average Bonchev–Trinajstić information content (AvgIpc) is 2.66. The SMILES string of the molecule is COc1ccc(C)cc1[C@H](C)NC(=O)C(O)C(O)(c1ccccc1)C(F)(F)F. The third-order valence-electron chi connectivity index (χ3n) is 4.50. The highest BCUT2D eigenvalue weighted by molar-refractivity contribution is 5.83. The molecule has 5 nitrogen and oxygen atoms in total. The third kappa shape index (κ3) is 4.13. The Hall–Kier alpha value is -2.58. The smallest absolute Gasteiger partial charge is 0.424 e. The molecule has 0 radical (unpaired) electrons. The Labute approximate surface area is 160 Å². The third-order valence-corrected chi connectivity index (χ3v) is 4.50. The van der Waals surface area contributed by atoms with Crippen molar-refractivity contribution in [3.8, 4) is 5.75 Å². The van der Waals surface area contributed by atoms with E-state index in [1.165, 1.54) is 32.2 Å². The second kappa shape index (κ2) is 8.20. The molecule has 2 aromatic rings. The van der Waals surface area contributed by atoms with Gasteiger partial charge in [-0.2, -0.15) is 13.2 Å². The monoisotopic (exact) mass is 397 g/mol. The Morgan fingerprint density at radius 1 is 1.14 bits per heavy atom. The molecule has 8 heteroatoms. The molecule has 2 rings (SSSR count). The van der Waals surface area contributed by atoms with Crippen LogP contribution in [0.15, 0.2) is 48.5 Å². The number of carbonyl (C=O) groups excluding carboxylic acids is 1. The summed E-state index contributed by atoms with van der Waals surface area (Å²) in [5, 5.41) is 22.8. The number of aliphatic hydroxyl groups is 2. The van der Waals surface area contributed by atoms with Crippen LogP contribution in [0.2, 0.25) is 0 Å². The minimum absolute atomic E-state index is 0.432. The first-order valence-electron chi connectivity index (χ1n) is 8.50. The Morgan fingerprint density at radius 3 is 2.29 bits per heavy atom. The van der Waals surface area contributed by atoms with E-state index in [0.717, 1.165) is 17.7 Å². The molecule has 0 aliphatic heterocycles. The minimum Gasteiger partial charge on any atom is -0.496 e. The van der Waals surface area contributed by atoms with Gasteiger partial charge in [0.1, 0.15) is 5.75 Å². The Bertz CT molecular complexity index is 826. The predicted octanol–water partition coefficient (Wildman–Crippen LogP) is 2.99. The molecule has 2 unspecified atom stereocenters. The molecule has 0 heterocycles. The number of halogens is 3. The topological polar surface area (TPSA) is 78.8 Å². The molecule has 0 aliphatic rings. The first-order valence-corrected chi connectivity index (χ1v) is 8.50. The number of aliphatic hydroxyl groups excluding tert-OH is 1. The minimum atomic E-state index is -5.28. The lowest BCUT2D eigenvalue weighted by Gasteiger charge is -2.34. The number of alkyl halides is 3. The Kier molecular flexibility index (Phi) is 6.36. The van der Waals surface area contributed by atoms with E-state index in [4.69, 9.17) is 4.74 Å². The highest BCUT2D eigenvalue weighted by atomic mass is 19.4. The number of ether oxygens (including phenoxy) is 1. The summed E-state index contributed by atoms with van der Waals surface area (Å²) >= 11 is 0. The lowest BCUT2D eigenvalue weighted by atomic mass is 9.86. The molecule has 28 heavy (non-hydrogen) atoms. The fraction of sp³-hybridized carbons (Fsp3) is 0.350. The number of methoxy groups -OCH3 is 1. The van der Waals surface area contributed by atoms with Gasteiger partial charge in [0.05, 0.1) is 13.2 Å². The zero-order chi connectivity index (χ0) is 21.1. The molecule has 1 amide bonds. The van der Waals surface area contributed by atoms with Crippen molar-refractivity contribution in [3.05, 3.63) is 65.2 Å². The van der Waals surface area contributed by atoms with Crippen molar-refractivity contribution < 1.29 is 32.9 Å². The Morgan fingerprint density at radius 2 is 1.75 bits per heavy atom. The number of carbonyl (C=O) groups is 1. The largest absolute Gasteiger partial charge is 0.496 e. The second-order valence-electron chi connectivity index (χ2n) is 6.51. The number of nitrogens with one attached hydrogen (secondary N) is 1. The van der Waals surface area contributed by atoms with Crippen molar-refractivity contribution in [2.24, 2.45) is 0 Å². The van der Waals surface area contributed by atoms with Gasteiger partial charge in [-0.1, -0.05) is 48.0 Å². The standard InChI is InChI=1S/C20H22F3NO4/c1-12-9-10-16(28-3)15(11-12)13(2)24-18(26)17(25)19(27,20(21,22)23)14-7-5-4-6-8-14/h4-11,13,17,25,27H,1-3H3,(H,24,26)/t13-,17?,19?/m0/s1. The number of hydrogen-bond acceptors (Lipinski definition) is 4. The van der Waals surface area contributed by atoms with Crippen LogP contribution < -0.4 is 10.1 Å². The molecule has 0 bridgehead atoms. The molecule has 2 aromatic carbocycles. The van der Waals surface area contributed by atoms with E-state index in [1.807, 2.05) is 6.92 Å². The van der Waals surface area contributed by atoms with Gasteiger partial charge in [-0.05, 0) is 25.5 Å². The highest BCUT2D eigenvalue weighted by Crippen LogP contribution is 2.42. The van der Waals surface area contributed by atoms with Crippen LogP contribution in [0.4, 0.5) is 13.2 Å². The molecule has 152 valence electrons. The summed E-state index contributed by atoms with van der Waals surface area (Å²) in [5.41, 5.74) is -3.01. The molecular formula is C20H22F3NO4. The van der Waals surface area contributed by atoms with Gasteiger partial charge < -0.3 is 20.3 Å². The van der Waals surface area contributed by atoms with Crippen molar-refractivity contribution in [2.75, 3.05) is 7.11 Å². The maximum atomic E-state index is 13.6. The maximum Gasteiger partial charge on any atom is 0.424 e. The zero-order valence-electron chi connectivity index (χ0n) is 15.6. The Balaban J connectivity index is 2.33. The lowest BCUT2D eigenvalue weighted by molar-refractivity contribution is -0.293. The molecule has 3 atom stereocenters. The number of amides is 1. The van der Waals surface area contributed by atoms with E-state index in [-0.39, 0.29) is 0 Å². The van der Waals surface area contributed by atoms with E-state index in [0.29, 0.717) is 11.3 Å². The predicted molar refractivity (Wildman–Crippen MR) is 96.7 cm³/mol. The molecule has 0 fully saturated rings. The summed E-state index contributed by atoms with van der Waals surface area (Å²) in [6.07, 6.45) is -8.05. The van der Waals surface area contributed by atoms with Gasteiger partial charge in [0.15, 0.2) is 6.10 Å². The average molecular weight is 397 g/mol. The molecule has 3 N–H and O–H groups in total. The fourth-order valence-corrected chi connectivity index (χ4v) is 2.92. The van der Waals surface area contributed by atoms with Crippen molar-refractivity contribution in [1.29, 1.82) is 0 Å². The molecule has 0 saturated carbocycles. The normalized spacial score (nSPS) is 16.0. The van der Waals surface area contributed by atoms with E-state index in [9.17, 15) is 28.2 Å². The van der Waals surface area contributed by atoms with Gasteiger partial charge in [-0.25, -0.2) is 0 Å². The van der Waals surface area contributed by atoms with Crippen molar-refractivity contribution >= 4 is 5.91 Å². The molecule has 0 saturated heterocycles. The maximum absolute atomic E-state index is 13.6. The first-order chi connectivity index (χ1) is 13.0. The van der Waals surface area contributed by atoms with Crippen molar-refractivity contribution in [3.63, 3.8) is 0 Å². The van der Waals surface area contributed by atoms with E-state index in [2.05, 4.69) is 5.32 Å². The number of rotatable bonds is 6. The van der Waals surface area contributed by atoms with Crippen LogP contribution in [0, 0.1) is 6.92 Å². The van der Waals surface area contributed by atoms with Gasteiger partial charge in [0.25, 0.3) is 5.91 Å². The van der Waals surface area contributed by atoms with Crippen molar-refractivity contribution in [1.82, 2.24) is 5.32 Å². The summed E-state index contributed by atoms with van der Waals surface area (Å²) in [4.78, 5) is 12.4. The molecule has 0 aromatic heterocycles. The zero-order valence-corrected chi connectivity index (χ0v) is 15.6. The van der Waals surface area contributed by atoms with E-state index < -0.39 is 35.4 Å². The first kappa shape index (κ1) is 21.7. The summed E-state index contributed by atoms with van der Waals surface area (Å²) in [7, 11) is 1.43. The van der Waals surface area contributed by atoms with Crippen LogP contribution in [0.25, 0.3) is 0 Å². The fourth-order valence-electron chi connectivity index (χ4n) is 2.92. The van der Waals surface area contributed by atoms with E-state index >= 15 is 0 Å². The van der Waals surface area contributed by atoms with Crippen LogP contribution in [0.1, 0.15) is 29.7 Å². The number of aryl methyl sites for hydroxylation is 1. The quantitative estimate of drug-likeness (QED) is 0.700. The van der Waals surface area contributed by atoms with Gasteiger partial charge in [-0.3, -0.25) is 4.79 Å². The molecular weight excluding hydrogens is 375 g/mol. The van der Waals surface area contributed by atoms with E-state index in [1.54, 1.807) is 18.2 Å². The van der Waals surface area contributed by atoms with Crippen LogP contribution in [0.5, 0.6) is 5.75 Å². The second-order valence-corrected chi connectivity index (χ2v) is 6.51. The summed E-state index contributed by atoms with van der Waals surface area (Å²) in [5.74, 6) is -0.929. The number of benzene rings is 2. The summed E-state index contributed by atoms with van der Waals surface area (Å²) in [6.45, 7) is 3.35. The van der Waals surface area contributed by atoms with Crippen LogP contribution >= 0.6 is 0 Å². The van der Waals surface area contributed by atoms with Gasteiger partial charge in [0, 0.05) is 5.56 Å². The van der Waals surface area contributed by atoms with Crippen LogP contribution in [-0.2, 0) is 10.4 Å². The van der Waals surface area contributed by atoms with Crippen molar-refractivity contribution in [2.45, 2.75) is 37.8 Å². The number of hydrogen-bond donors (Lipinski definition) is 3. The molecule has 0 spiro atoms. The van der Waals surface area contributed by atoms with Gasteiger partial charge in [0.2, 0.25) is 5.60 Å².